The first kappa shape index (κ1) is 27.7. The topological polar surface area (TPSA) is 45.3 Å². The molecule has 1 saturated heterocycles. The van der Waals surface area contributed by atoms with E-state index in [0.29, 0.717) is 11.5 Å². The number of amides is 1. The fourth-order valence-corrected chi connectivity index (χ4v) is 6.29. The summed E-state index contributed by atoms with van der Waals surface area (Å²) in [6, 6.07) is 27.5. The largest absolute Gasteiger partial charge is 0.493 e. The van der Waals surface area contributed by atoms with E-state index in [4.69, 9.17) is 9.47 Å². The van der Waals surface area contributed by atoms with Gasteiger partial charge in [-0.05, 0) is 54.9 Å². The van der Waals surface area contributed by atoms with E-state index in [0.717, 1.165) is 12.0 Å². The Morgan fingerprint density at radius 1 is 0.800 bits per heavy atom. The highest BCUT2D eigenvalue weighted by molar-refractivity contribution is 5.81. The lowest BCUT2D eigenvalue weighted by Gasteiger charge is -2.35. The monoisotopic (exact) mass is 537 g/mol. The van der Waals surface area contributed by atoms with Crippen molar-refractivity contribution in [3.63, 3.8) is 0 Å². The zero-order valence-electron chi connectivity index (χ0n) is 24.0. The molecule has 3 aromatic carbocycles. The van der Waals surface area contributed by atoms with Crippen LogP contribution in [-0.2, 0) is 11.2 Å². The Kier molecular flexibility index (Phi) is 8.38. The van der Waals surface area contributed by atoms with Crippen LogP contribution in [0.25, 0.3) is 0 Å². The molecule has 2 heterocycles. The van der Waals surface area contributed by atoms with Gasteiger partial charge in [-0.3, -0.25) is 19.5 Å². The Morgan fingerprint density at radius 3 is 1.90 bits per heavy atom. The molecule has 0 spiro atoms. The molecule has 6 nitrogen and oxygen atoms in total. The Bertz CT molecular complexity index is 1320. The minimum absolute atomic E-state index is 0.0121. The molecule has 0 radical (unpaired) electrons. The van der Waals surface area contributed by atoms with Gasteiger partial charge in [0.15, 0.2) is 11.5 Å². The predicted octanol–water partition coefficient (Wildman–Crippen LogP) is 6.20. The van der Waals surface area contributed by atoms with Gasteiger partial charge in [0.25, 0.3) is 0 Å². The van der Waals surface area contributed by atoms with Gasteiger partial charge in [0.05, 0.1) is 38.9 Å². The summed E-state index contributed by atoms with van der Waals surface area (Å²) < 4.78 is 10.8. The van der Waals surface area contributed by atoms with Crippen LogP contribution in [0.2, 0.25) is 0 Å². The second-order valence-corrected chi connectivity index (χ2v) is 10.6. The molecule has 1 fully saturated rings. The molecule has 2 aliphatic rings. The smallest absolute Gasteiger partial charge is 0.234 e. The van der Waals surface area contributed by atoms with Crippen LogP contribution >= 0.6 is 0 Å². The SMILES string of the molecule is CC[C@@H]1C=CN(C(=O)Cc2ccc(OC)c(OC)c2)C=C1C1N(C)[C@@H](c2ccccc2)[C@H](c2ccccc2)N1C. The Labute approximate surface area is 238 Å². The first-order valence-electron chi connectivity index (χ1n) is 13.9. The molecular weight excluding hydrogens is 498 g/mol. The van der Waals surface area contributed by atoms with E-state index in [9.17, 15) is 4.79 Å². The normalized spacial score (nSPS) is 21.9. The van der Waals surface area contributed by atoms with Gasteiger partial charge in [-0.1, -0.05) is 79.7 Å². The van der Waals surface area contributed by atoms with E-state index in [1.165, 1.54) is 16.7 Å². The summed E-state index contributed by atoms with van der Waals surface area (Å²) >= 11 is 0. The molecule has 0 unspecified atom stereocenters. The van der Waals surface area contributed by atoms with Crippen LogP contribution in [0.3, 0.4) is 0 Å². The van der Waals surface area contributed by atoms with E-state index in [1.807, 2.05) is 24.4 Å². The van der Waals surface area contributed by atoms with E-state index in [1.54, 1.807) is 19.1 Å². The molecule has 40 heavy (non-hydrogen) atoms. The zero-order chi connectivity index (χ0) is 28.2. The van der Waals surface area contributed by atoms with Crippen molar-refractivity contribution in [2.75, 3.05) is 28.3 Å². The first-order chi connectivity index (χ1) is 19.5. The zero-order valence-corrected chi connectivity index (χ0v) is 24.0. The molecule has 0 saturated carbocycles. The number of carbonyl (C=O) groups is 1. The summed E-state index contributed by atoms with van der Waals surface area (Å²) in [6.45, 7) is 2.21. The van der Waals surface area contributed by atoms with Crippen LogP contribution in [0.15, 0.2) is 103 Å². The van der Waals surface area contributed by atoms with Gasteiger partial charge < -0.3 is 9.47 Å². The maximum absolute atomic E-state index is 13.5. The number of allylic oxidation sites excluding steroid dienone is 1. The average molecular weight is 538 g/mol. The van der Waals surface area contributed by atoms with Crippen molar-refractivity contribution in [1.29, 1.82) is 0 Å². The molecule has 3 aromatic rings. The lowest BCUT2D eigenvalue weighted by Crippen LogP contribution is -2.41. The van der Waals surface area contributed by atoms with Gasteiger partial charge in [0.1, 0.15) is 0 Å². The molecule has 1 amide bonds. The quantitative estimate of drug-likeness (QED) is 0.343. The lowest BCUT2D eigenvalue weighted by atomic mass is 9.91. The standard InChI is InChI=1S/C34H39N3O3/c1-6-25-19-20-37(31(38)22-24-17-18-29(39-4)30(21-24)40-5)23-28(25)34-35(2)32(26-13-9-7-10-14-26)33(36(34)3)27-15-11-8-12-16-27/h7-21,23,25,32-34H,6,22H2,1-5H3/t25-,32+,33+/m1/s1. The van der Waals surface area contributed by atoms with Gasteiger partial charge in [-0.15, -0.1) is 0 Å². The number of nitrogens with zero attached hydrogens (tertiary/aromatic N) is 3. The molecule has 6 heteroatoms. The number of methoxy groups -OCH3 is 2. The van der Waals surface area contributed by atoms with Gasteiger partial charge in [-0.25, -0.2) is 0 Å². The number of hydrogen-bond donors (Lipinski definition) is 0. The van der Waals surface area contributed by atoms with Crippen LogP contribution in [0.4, 0.5) is 0 Å². The predicted molar refractivity (Wildman–Crippen MR) is 159 cm³/mol. The molecule has 0 bridgehead atoms. The van der Waals surface area contributed by atoms with Crippen molar-refractivity contribution in [3.8, 4) is 11.5 Å². The van der Waals surface area contributed by atoms with Crippen molar-refractivity contribution in [2.24, 2.45) is 5.92 Å². The molecule has 3 atom stereocenters. The highest BCUT2D eigenvalue weighted by atomic mass is 16.5. The molecule has 5 rings (SSSR count). The van der Waals surface area contributed by atoms with Crippen molar-refractivity contribution in [3.05, 3.63) is 120 Å². The molecule has 0 aliphatic carbocycles. The summed E-state index contributed by atoms with van der Waals surface area (Å²) in [7, 11) is 7.64. The van der Waals surface area contributed by atoms with E-state index in [-0.39, 0.29) is 36.5 Å². The molecule has 208 valence electrons. The third kappa shape index (κ3) is 5.29. The summed E-state index contributed by atoms with van der Waals surface area (Å²) in [6.07, 6.45) is 7.44. The molecule has 0 aromatic heterocycles. The fraction of sp³-hybridized carbons (Fsp3) is 0.324. The van der Waals surface area contributed by atoms with Crippen molar-refractivity contribution < 1.29 is 14.3 Å². The van der Waals surface area contributed by atoms with Crippen LogP contribution in [-0.4, -0.2) is 55.1 Å². The maximum Gasteiger partial charge on any atom is 0.234 e. The van der Waals surface area contributed by atoms with Crippen molar-refractivity contribution in [1.82, 2.24) is 14.7 Å². The Hall–Kier alpha value is -3.87. The number of carbonyl (C=O) groups excluding carboxylic acids is 1. The highest BCUT2D eigenvalue weighted by Crippen LogP contribution is 2.48. The maximum atomic E-state index is 13.5. The van der Waals surface area contributed by atoms with Gasteiger partial charge >= 0.3 is 0 Å². The second-order valence-electron chi connectivity index (χ2n) is 10.6. The van der Waals surface area contributed by atoms with Crippen LogP contribution < -0.4 is 9.47 Å². The second kappa shape index (κ2) is 12.1. The highest BCUT2D eigenvalue weighted by Gasteiger charge is 2.47. The number of ether oxygens (including phenoxy) is 2. The Morgan fingerprint density at radius 2 is 1.38 bits per heavy atom. The average Bonchev–Trinajstić information content (AvgIpc) is 3.26. The summed E-state index contributed by atoms with van der Waals surface area (Å²) in [5, 5.41) is 0. The third-order valence-corrected chi connectivity index (χ3v) is 8.25. The minimum atomic E-state index is 0.0121. The van der Waals surface area contributed by atoms with Gasteiger partial charge in [-0.2, -0.15) is 0 Å². The summed E-state index contributed by atoms with van der Waals surface area (Å²) in [5.41, 5.74) is 4.69. The van der Waals surface area contributed by atoms with Crippen molar-refractivity contribution >= 4 is 5.91 Å². The molecule has 2 aliphatic heterocycles. The van der Waals surface area contributed by atoms with Gasteiger partial charge in [0.2, 0.25) is 5.91 Å². The lowest BCUT2D eigenvalue weighted by molar-refractivity contribution is -0.126. The van der Waals surface area contributed by atoms with E-state index in [2.05, 4.69) is 104 Å². The number of benzene rings is 3. The number of likely N-dealkylation sites (N-methyl/N-ethyl adjacent to an activating group) is 2. The number of hydrogen-bond acceptors (Lipinski definition) is 5. The van der Waals surface area contributed by atoms with E-state index >= 15 is 0 Å². The van der Waals surface area contributed by atoms with Crippen LogP contribution in [0, 0.1) is 5.92 Å². The summed E-state index contributed by atoms with van der Waals surface area (Å²) in [4.78, 5) is 20.2. The summed E-state index contributed by atoms with van der Waals surface area (Å²) in [5.74, 6) is 1.53. The van der Waals surface area contributed by atoms with Gasteiger partial charge in [0, 0.05) is 18.3 Å². The van der Waals surface area contributed by atoms with E-state index < -0.39 is 0 Å². The number of rotatable bonds is 8. The van der Waals surface area contributed by atoms with Crippen molar-refractivity contribution in [2.45, 2.75) is 38.0 Å². The first-order valence-corrected chi connectivity index (χ1v) is 13.9. The van der Waals surface area contributed by atoms with Crippen LogP contribution in [0.1, 0.15) is 42.1 Å². The molecular formula is C34H39N3O3. The molecule has 0 N–H and O–H groups in total. The Balaban J connectivity index is 1.47. The minimum Gasteiger partial charge on any atom is -0.493 e. The fourth-order valence-electron chi connectivity index (χ4n) is 6.29. The third-order valence-electron chi connectivity index (χ3n) is 8.25. The van der Waals surface area contributed by atoms with Crippen LogP contribution in [0.5, 0.6) is 11.5 Å².